The summed E-state index contributed by atoms with van der Waals surface area (Å²) in [5, 5.41) is 4.31. The van der Waals surface area contributed by atoms with Gasteiger partial charge >= 0.3 is 6.01 Å². The molecule has 0 spiro atoms. The molecule has 0 unspecified atom stereocenters. The Morgan fingerprint density at radius 3 is 2.54 bits per heavy atom. The second kappa shape index (κ2) is 6.83. The van der Waals surface area contributed by atoms with Crippen LogP contribution in [0.3, 0.4) is 0 Å². The van der Waals surface area contributed by atoms with Crippen LogP contribution in [0.2, 0.25) is 0 Å². The summed E-state index contributed by atoms with van der Waals surface area (Å²) in [5.74, 6) is -0.610. The molecule has 1 aliphatic rings. The Morgan fingerprint density at radius 1 is 1.21 bits per heavy atom. The fourth-order valence-corrected chi connectivity index (χ4v) is 3.00. The van der Waals surface area contributed by atoms with E-state index in [1.165, 1.54) is 24.5 Å². The molecule has 9 heteroatoms. The fraction of sp³-hybridized carbons (Fsp3) is 0.333. The van der Waals surface area contributed by atoms with Gasteiger partial charge in [-0.1, -0.05) is 6.07 Å². The Bertz CT molecular complexity index is 747. The first-order valence-corrected chi connectivity index (χ1v) is 8.28. The zero-order chi connectivity index (χ0) is 17.1. The lowest BCUT2D eigenvalue weighted by molar-refractivity contribution is -0.130. The molecule has 0 bridgehead atoms. The minimum Gasteiger partial charge on any atom is -0.431 e. The van der Waals surface area contributed by atoms with Crippen molar-refractivity contribution in [3.63, 3.8) is 0 Å². The third-order valence-electron chi connectivity index (χ3n) is 3.70. The van der Waals surface area contributed by atoms with Gasteiger partial charge in [-0.15, -0.1) is 11.3 Å². The van der Waals surface area contributed by atoms with Crippen molar-refractivity contribution in [3.8, 4) is 0 Å². The van der Waals surface area contributed by atoms with E-state index in [0.717, 1.165) is 0 Å². The zero-order valence-electron chi connectivity index (χ0n) is 13.0. The van der Waals surface area contributed by atoms with E-state index in [2.05, 4.69) is 10.3 Å². The van der Waals surface area contributed by atoms with Crippen LogP contribution >= 0.6 is 11.3 Å². The predicted molar refractivity (Wildman–Crippen MR) is 86.9 cm³/mol. The minimum absolute atomic E-state index is 0.00195. The quantitative estimate of drug-likeness (QED) is 0.902. The summed E-state index contributed by atoms with van der Waals surface area (Å²) < 4.78 is 5.15. The Morgan fingerprint density at radius 2 is 1.92 bits per heavy atom. The highest BCUT2D eigenvalue weighted by Gasteiger charge is 2.25. The van der Waals surface area contributed by atoms with Gasteiger partial charge in [-0.2, -0.15) is 4.98 Å². The largest absolute Gasteiger partial charge is 0.431 e. The molecule has 0 aromatic carbocycles. The highest BCUT2D eigenvalue weighted by molar-refractivity contribution is 7.12. The Labute approximate surface area is 142 Å². The van der Waals surface area contributed by atoms with Crippen LogP contribution in [0, 0.1) is 0 Å². The number of rotatable bonds is 3. The van der Waals surface area contributed by atoms with Crippen molar-refractivity contribution in [1.82, 2.24) is 14.8 Å². The number of amides is 3. The van der Waals surface area contributed by atoms with Crippen LogP contribution in [-0.2, 0) is 4.79 Å². The predicted octanol–water partition coefficient (Wildman–Crippen LogP) is 1.29. The van der Waals surface area contributed by atoms with Crippen molar-refractivity contribution in [2.75, 3.05) is 31.5 Å². The van der Waals surface area contributed by atoms with Gasteiger partial charge in [0.2, 0.25) is 5.91 Å². The molecule has 2 aromatic rings. The Kier molecular flexibility index (Phi) is 4.61. The van der Waals surface area contributed by atoms with Crippen LogP contribution in [0.5, 0.6) is 0 Å². The van der Waals surface area contributed by atoms with Gasteiger partial charge in [0, 0.05) is 33.1 Å². The van der Waals surface area contributed by atoms with E-state index < -0.39 is 0 Å². The topological polar surface area (TPSA) is 95.8 Å². The van der Waals surface area contributed by atoms with E-state index in [9.17, 15) is 14.4 Å². The minimum atomic E-state index is -0.332. The zero-order valence-corrected chi connectivity index (χ0v) is 13.8. The molecule has 1 N–H and O–H groups in total. The molecule has 126 valence electrons. The highest BCUT2D eigenvalue weighted by Crippen LogP contribution is 2.15. The number of piperazine rings is 1. The summed E-state index contributed by atoms with van der Waals surface area (Å²) in [6, 6.07) is 3.44. The van der Waals surface area contributed by atoms with Crippen LogP contribution in [0.4, 0.5) is 6.01 Å². The highest BCUT2D eigenvalue weighted by atomic mass is 32.1. The van der Waals surface area contributed by atoms with Gasteiger partial charge in [-0.3, -0.25) is 19.7 Å². The number of nitrogens with zero attached hydrogens (tertiary/aromatic N) is 3. The Hall–Kier alpha value is -2.68. The normalized spacial score (nSPS) is 14.5. The van der Waals surface area contributed by atoms with Crippen LogP contribution in [0.25, 0.3) is 0 Å². The molecule has 0 radical (unpaired) electrons. The SMILES string of the molecule is CC(=O)N1CCN(C(=O)c2coc(NC(=O)c3cccs3)n2)CC1. The molecule has 0 atom stereocenters. The molecule has 3 heterocycles. The molecule has 24 heavy (non-hydrogen) atoms. The van der Waals surface area contributed by atoms with Gasteiger partial charge in [0.05, 0.1) is 4.88 Å². The molecular formula is C15H16N4O4S. The number of hydrogen-bond donors (Lipinski definition) is 1. The molecule has 3 amide bonds. The third kappa shape index (κ3) is 3.46. The summed E-state index contributed by atoms with van der Waals surface area (Å²) in [6.45, 7) is 3.41. The van der Waals surface area contributed by atoms with Crippen LogP contribution in [0.15, 0.2) is 28.2 Å². The number of hydrogen-bond acceptors (Lipinski definition) is 6. The van der Waals surface area contributed by atoms with Crippen molar-refractivity contribution in [2.45, 2.75) is 6.92 Å². The van der Waals surface area contributed by atoms with E-state index in [1.54, 1.807) is 27.3 Å². The molecule has 0 aliphatic carbocycles. The van der Waals surface area contributed by atoms with Crippen molar-refractivity contribution >= 4 is 35.1 Å². The lowest BCUT2D eigenvalue weighted by Crippen LogP contribution is -2.50. The summed E-state index contributed by atoms with van der Waals surface area (Å²) in [4.78, 5) is 43.5. The van der Waals surface area contributed by atoms with E-state index in [1.807, 2.05) is 0 Å². The van der Waals surface area contributed by atoms with Crippen molar-refractivity contribution in [3.05, 3.63) is 34.3 Å². The maximum absolute atomic E-state index is 12.4. The average molecular weight is 348 g/mol. The number of oxazole rings is 1. The molecule has 1 aliphatic heterocycles. The number of carbonyl (C=O) groups is 3. The second-order valence-electron chi connectivity index (χ2n) is 5.27. The average Bonchev–Trinajstić information content (AvgIpc) is 3.26. The van der Waals surface area contributed by atoms with Crippen molar-refractivity contribution in [1.29, 1.82) is 0 Å². The molecule has 1 saturated heterocycles. The lowest BCUT2D eigenvalue weighted by Gasteiger charge is -2.33. The first-order chi connectivity index (χ1) is 11.5. The van der Waals surface area contributed by atoms with Gasteiger partial charge in [-0.05, 0) is 11.4 Å². The first-order valence-electron chi connectivity index (χ1n) is 7.40. The number of thiophene rings is 1. The summed E-state index contributed by atoms with van der Waals surface area (Å²) in [6.07, 6.45) is 1.23. The molecule has 1 fully saturated rings. The van der Waals surface area contributed by atoms with Crippen LogP contribution in [-0.4, -0.2) is 58.7 Å². The Balaban J connectivity index is 1.60. The maximum atomic E-state index is 12.4. The fourth-order valence-electron chi connectivity index (χ4n) is 2.38. The molecule has 0 saturated carbocycles. The van der Waals surface area contributed by atoms with Crippen LogP contribution < -0.4 is 5.32 Å². The molecule has 3 rings (SSSR count). The van der Waals surface area contributed by atoms with Crippen LogP contribution in [0.1, 0.15) is 27.1 Å². The second-order valence-corrected chi connectivity index (χ2v) is 6.22. The standard InChI is InChI=1S/C15H16N4O4S/c1-10(20)18-4-6-19(7-5-18)14(22)11-9-23-15(16-11)17-13(21)12-3-2-8-24-12/h2-3,8-9H,4-7H2,1H3,(H,16,17,21). The monoisotopic (exact) mass is 348 g/mol. The summed E-state index contributed by atoms with van der Waals surface area (Å²) >= 11 is 1.30. The van der Waals surface area contributed by atoms with E-state index >= 15 is 0 Å². The molecule has 8 nitrogen and oxygen atoms in total. The van der Waals surface area contributed by atoms with Gasteiger partial charge in [0.15, 0.2) is 5.69 Å². The van der Waals surface area contributed by atoms with Crippen molar-refractivity contribution < 1.29 is 18.8 Å². The smallest absolute Gasteiger partial charge is 0.302 e. The molecular weight excluding hydrogens is 332 g/mol. The maximum Gasteiger partial charge on any atom is 0.302 e. The summed E-state index contributed by atoms with van der Waals surface area (Å²) in [7, 11) is 0. The first kappa shape index (κ1) is 16.2. The number of nitrogens with one attached hydrogen (secondary N) is 1. The van der Waals surface area contributed by atoms with E-state index in [0.29, 0.717) is 31.1 Å². The number of anilines is 1. The van der Waals surface area contributed by atoms with Gasteiger partial charge < -0.3 is 14.2 Å². The van der Waals surface area contributed by atoms with Gasteiger partial charge in [0.1, 0.15) is 6.26 Å². The van der Waals surface area contributed by atoms with E-state index in [-0.39, 0.29) is 29.4 Å². The summed E-state index contributed by atoms with van der Waals surface area (Å²) in [5.41, 5.74) is 0.132. The van der Waals surface area contributed by atoms with E-state index in [4.69, 9.17) is 4.42 Å². The van der Waals surface area contributed by atoms with Crippen molar-refractivity contribution in [2.24, 2.45) is 0 Å². The number of carbonyl (C=O) groups excluding carboxylic acids is 3. The third-order valence-corrected chi connectivity index (χ3v) is 4.57. The lowest BCUT2D eigenvalue weighted by atomic mass is 10.3. The van der Waals surface area contributed by atoms with Gasteiger partial charge in [-0.25, -0.2) is 0 Å². The number of aromatic nitrogens is 1. The molecule has 2 aromatic heterocycles. The van der Waals surface area contributed by atoms with Gasteiger partial charge in [0.25, 0.3) is 11.8 Å².